The number of halogens is 1. The second kappa shape index (κ2) is 6.52. The molecule has 0 fully saturated rings. The summed E-state index contributed by atoms with van der Waals surface area (Å²) in [5, 5.41) is 2.53. The highest BCUT2D eigenvalue weighted by molar-refractivity contribution is 9.09. The fourth-order valence-corrected chi connectivity index (χ4v) is 1.80. The second-order valence-electron chi connectivity index (χ2n) is 4.97. The minimum Gasteiger partial charge on any atom is -0.456 e. The topological polar surface area (TPSA) is 64.6 Å². The van der Waals surface area contributed by atoms with E-state index in [-0.39, 0.29) is 12.5 Å². The van der Waals surface area contributed by atoms with Gasteiger partial charge in [0, 0.05) is 13.5 Å². The van der Waals surface area contributed by atoms with Crippen molar-refractivity contribution in [2.75, 3.05) is 6.61 Å². The maximum Gasteiger partial charge on any atom is 0.361 e. The summed E-state index contributed by atoms with van der Waals surface area (Å²) in [6.07, 6.45) is 0. The van der Waals surface area contributed by atoms with Gasteiger partial charge in [0.2, 0.25) is 5.91 Å². The van der Waals surface area contributed by atoms with Crippen LogP contribution in [0, 0.1) is 0 Å². The molecule has 6 heteroatoms. The van der Waals surface area contributed by atoms with Gasteiger partial charge in [0.15, 0.2) is 0 Å². The van der Waals surface area contributed by atoms with Crippen molar-refractivity contribution >= 4 is 27.8 Å². The molecule has 2 unspecified atom stereocenters. The fraction of sp³-hybridized carbons (Fsp3) is 0.833. The number of carbonyl (C=O) groups excluding carboxylic acids is 2. The van der Waals surface area contributed by atoms with E-state index in [1.807, 2.05) is 0 Å². The molecule has 0 aromatic rings. The second-order valence-corrected chi connectivity index (χ2v) is 6.34. The first-order valence-corrected chi connectivity index (χ1v) is 6.77. The first kappa shape index (κ1) is 17.4. The predicted octanol–water partition coefficient (Wildman–Crippen LogP) is 1.98. The lowest BCUT2D eigenvalue weighted by Gasteiger charge is -2.36. The monoisotopic (exact) mass is 323 g/mol. The quantitative estimate of drug-likeness (QED) is 0.477. The van der Waals surface area contributed by atoms with Gasteiger partial charge in [-0.15, -0.1) is 0 Å². The summed E-state index contributed by atoms with van der Waals surface area (Å²) in [6, 6.07) is 0. The predicted molar refractivity (Wildman–Crippen MR) is 72.4 cm³/mol. The number of hydrogen-bond acceptors (Lipinski definition) is 4. The van der Waals surface area contributed by atoms with Gasteiger partial charge >= 0.3 is 5.97 Å². The van der Waals surface area contributed by atoms with Gasteiger partial charge < -0.3 is 14.8 Å². The number of rotatable bonds is 5. The largest absolute Gasteiger partial charge is 0.456 e. The third-order valence-electron chi connectivity index (χ3n) is 2.00. The van der Waals surface area contributed by atoms with E-state index in [9.17, 15) is 9.59 Å². The molecule has 0 spiro atoms. The summed E-state index contributed by atoms with van der Waals surface area (Å²) < 4.78 is 10.8. The van der Waals surface area contributed by atoms with Crippen LogP contribution in [0.4, 0.5) is 0 Å². The van der Waals surface area contributed by atoms with Gasteiger partial charge in [0.1, 0.15) is 5.60 Å². The molecule has 0 heterocycles. The summed E-state index contributed by atoms with van der Waals surface area (Å²) in [4.78, 5) is 23.1. The van der Waals surface area contributed by atoms with Gasteiger partial charge in [0.25, 0.3) is 5.72 Å². The molecule has 0 aliphatic heterocycles. The summed E-state index contributed by atoms with van der Waals surface area (Å²) >= 11 is 3.30. The Morgan fingerprint density at radius 2 is 1.83 bits per heavy atom. The van der Waals surface area contributed by atoms with Gasteiger partial charge in [-0.1, -0.05) is 15.9 Å². The van der Waals surface area contributed by atoms with E-state index in [0.29, 0.717) is 0 Å². The van der Waals surface area contributed by atoms with Crippen LogP contribution in [0.3, 0.4) is 0 Å². The Hall–Kier alpha value is -0.620. The molecule has 0 aromatic heterocycles. The van der Waals surface area contributed by atoms with Crippen LogP contribution >= 0.6 is 15.9 Å². The van der Waals surface area contributed by atoms with E-state index in [1.165, 1.54) is 6.92 Å². The molecule has 0 aromatic carbocycles. The number of ether oxygens (including phenoxy) is 2. The molecule has 1 amide bonds. The minimum absolute atomic E-state index is 0.273. The van der Waals surface area contributed by atoms with E-state index in [0.717, 1.165) is 0 Å². The van der Waals surface area contributed by atoms with Crippen molar-refractivity contribution in [2.45, 2.75) is 57.7 Å². The first-order chi connectivity index (χ1) is 8.05. The molecular formula is C12H22BrNO4. The van der Waals surface area contributed by atoms with Crippen LogP contribution in [-0.2, 0) is 19.1 Å². The zero-order valence-electron chi connectivity index (χ0n) is 11.8. The van der Waals surface area contributed by atoms with Gasteiger partial charge in [-0.05, 0) is 34.6 Å². The SMILES string of the molecule is CCOC(NC(C)=O)(C(=O)OC(C)(C)C)C(C)Br. The number of nitrogens with one attached hydrogen (secondary N) is 1. The molecule has 0 saturated heterocycles. The highest BCUT2D eigenvalue weighted by Crippen LogP contribution is 2.24. The molecule has 106 valence electrons. The molecule has 0 rings (SSSR count). The molecule has 18 heavy (non-hydrogen) atoms. The van der Waals surface area contributed by atoms with E-state index in [4.69, 9.17) is 9.47 Å². The zero-order chi connectivity index (χ0) is 14.6. The molecule has 0 radical (unpaired) electrons. The molecule has 2 atom stereocenters. The summed E-state index contributed by atoms with van der Waals surface area (Å²) in [5.41, 5.74) is -2.16. The highest BCUT2D eigenvalue weighted by Gasteiger charge is 2.47. The number of carbonyl (C=O) groups is 2. The van der Waals surface area contributed by atoms with E-state index < -0.39 is 22.1 Å². The zero-order valence-corrected chi connectivity index (χ0v) is 13.4. The molecule has 1 N–H and O–H groups in total. The number of hydrogen-bond donors (Lipinski definition) is 1. The number of amides is 1. The summed E-state index contributed by atoms with van der Waals surface area (Å²) in [5.74, 6) is -0.975. The highest BCUT2D eigenvalue weighted by atomic mass is 79.9. The maximum atomic E-state index is 12.3. The Labute approximate surface area is 117 Å². The standard InChI is InChI=1S/C12H22BrNO4/c1-7-17-12(8(2)13,14-9(3)15)10(16)18-11(4,5)6/h8H,7H2,1-6H3,(H,14,15). The van der Waals surface area contributed by atoms with Crippen LogP contribution in [0.2, 0.25) is 0 Å². The van der Waals surface area contributed by atoms with Crippen LogP contribution in [0.5, 0.6) is 0 Å². The van der Waals surface area contributed by atoms with Crippen LogP contribution in [-0.4, -0.2) is 34.6 Å². The Bertz CT molecular complexity index is 312. The van der Waals surface area contributed by atoms with Crippen molar-refractivity contribution in [3.63, 3.8) is 0 Å². The number of alkyl halides is 1. The summed E-state index contributed by atoms with van der Waals surface area (Å²) in [6.45, 7) is 10.3. The van der Waals surface area contributed by atoms with Crippen molar-refractivity contribution in [1.29, 1.82) is 0 Å². The first-order valence-electron chi connectivity index (χ1n) is 5.85. The molecular weight excluding hydrogens is 302 g/mol. The maximum absolute atomic E-state index is 12.3. The molecule has 5 nitrogen and oxygen atoms in total. The fourth-order valence-electron chi connectivity index (χ4n) is 1.37. The normalized spacial score (nSPS) is 16.6. The lowest BCUT2D eigenvalue weighted by atomic mass is 10.1. The van der Waals surface area contributed by atoms with E-state index >= 15 is 0 Å². The van der Waals surface area contributed by atoms with Gasteiger partial charge in [-0.2, -0.15) is 0 Å². The van der Waals surface area contributed by atoms with Crippen molar-refractivity contribution in [1.82, 2.24) is 5.32 Å². The third kappa shape index (κ3) is 4.94. The average molecular weight is 324 g/mol. The average Bonchev–Trinajstić information content (AvgIpc) is 2.12. The van der Waals surface area contributed by atoms with Gasteiger partial charge in [-0.3, -0.25) is 4.79 Å². The molecule has 0 aliphatic rings. The van der Waals surface area contributed by atoms with E-state index in [1.54, 1.807) is 34.6 Å². The van der Waals surface area contributed by atoms with Crippen LogP contribution in [0.25, 0.3) is 0 Å². The van der Waals surface area contributed by atoms with Crippen molar-refractivity contribution in [3.8, 4) is 0 Å². The summed E-state index contributed by atoms with van der Waals surface area (Å²) in [7, 11) is 0. The van der Waals surface area contributed by atoms with Gasteiger partial charge in [0.05, 0.1) is 4.83 Å². The van der Waals surface area contributed by atoms with Crippen LogP contribution in [0.15, 0.2) is 0 Å². The van der Waals surface area contributed by atoms with Crippen LogP contribution < -0.4 is 5.32 Å². The number of esters is 1. The lowest BCUT2D eigenvalue weighted by molar-refractivity contribution is -0.189. The van der Waals surface area contributed by atoms with E-state index in [2.05, 4.69) is 21.2 Å². The Morgan fingerprint density at radius 3 is 2.11 bits per heavy atom. The van der Waals surface area contributed by atoms with Crippen molar-refractivity contribution in [3.05, 3.63) is 0 Å². The lowest BCUT2D eigenvalue weighted by Crippen LogP contribution is -2.62. The van der Waals surface area contributed by atoms with Crippen molar-refractivity contribution < 1.29 is 19.1 Å². The Kier molecular flexibility index (Phi) is 6.29. The molecule has 0 saturated carbocycles. The van der Waals surface area contributed by atoms with Crippen molar-refractivity contribution in [2.24, 2.45) is 0 Å². The van der Waals surface area contributed by atoms with Gasteiger partial charge in [-0.25, -0.2) is 4.79 Å². The third-order valence-corrected chi connectivity index (χ3v) is 2.64. The Morgan fingerprint density at radius 1 is 1.33 bits per heavy atom. The molecule has 0 bridgehead atoms. The minimum atomic E-state index is -1.51. The smallest absolute Gasteiger partial charge is 0.361 e. The Balaban J connectivity index is 5.27. The van der Waals surface area contributed by atoms with Crippen LogP contribution in [0.1, 0.15) is 41.5 Å². The molecule has 0 aliphatic carbocycles.